The average molecular weight is 437 g/mol. The second kappa shape index (κ2) is 7.99. The van der Waals surface area contributed by atoms with E-state index in [1.807, 2.05) is 36.4 Å². The van der Waals surface area contributed by atoms with Gasteiger partial charge in [-0.05, 0) is 36.6 Å². The zero-order valence-electron chi connectivity index (χ0n) is 15.2. The van der Waals surface area contributed by atoms with Crippen LogP contribution in [0.25, 0.3) is 10.8 Å². The lowest BCUT2D eigenvalue weighted by Crippen LogP contribution is -2.45. The Balaban J connectivity index is 1.95. The van der Waals surface area contributed by atoms with Crippen LogP contribution in [-0.2, 0) is 14.8 Å². The quantitative estimate of drug-likeness (QED) is 0.615. The lowest BCUT2D eigenvalue weighted by atomic mass is 10.1. The van der Waals surface area contributed by atoms with Gasteiger partial charge in [-0.1, -0.05) is 59.6 Å². The van der Waals surface area contributed by atoms with Crippen molar-refractivity contribution < 1.29 is 13.2 Å². The topological polar surface area (TPSA) is 66.5 Å². The molecular weight excluding hydrogens is 419 g/mol. The number of rotatable bonds is 5. The number of fused-ring (bicyclic) bond motifs is 1. The standard InChI is InChI=1S/C20H18Cl2N2O3S/c1-13(24(28(2,26)27)15-10-11-17(21)18(22)12-15)20(25)23-19-9-5-7-14-6-3-4-8-16(14)19/h3-13H,1-2H3,(H,23,25)/t13-/m1/s1. The molecule has 8 heteroatoms. The molecule has 0 heterocycles. The van der Waals surface area contributed by atoms with E-state index in [2.05, 4.69) is 5.32 Å². The number of amides is 1. The largest absolute Gasteiger partial charge is 0.324 e. The molecule has 0 saturated heterocycles. The molecule has 0 unspecified atom stereocenters. The molecule has 1 atom stereocenters. The van der Waals surface area contributed by atoms with Gasteiger partial charge in [-0.15, -0.1) is 0 Å². The second-order valence-electron chi connectivity index (χ2n) is 6.35. The molecule has 3 rings (SSSR count). The lowest BCUT2D eigenvalue weighted by Gasteiger charge is -2.28. The van der Waals surface area contributed by atoms with Crippen LogP contribution >= 0.6 is 23.2 Å². The highest BCUT2D eigenvalue weighted by Gasteiger charge is 2.29. The van der Waals surface area contributed by atoms with E-state index in [0.717, 1.165) is 21.3 Å². The Bertz CT molecular complexity index is 1140. The van der Waals surface area contributed by atoms with E-state index in [0.29, 0.717) is 10.7 Å². The molecule has 0 aliphatic carbocycles. The zero-order chi connectivity index (χ0) is 20.5. The summed E-state index contributed by atoms with van der Waals surface area (Å²) in [5.74, 6) is -0.465. The zero-order valence-corrected chi connectivity index (χ0v) is 17.5. The highest BCUT2D eigenvalue weighted by Crippen LogP contribution is 2.30. The Morgan fingerprint density at radius 3 is 2.36 bits per heavy atom. The van der Waals surface area contributed by atoms with Crippen LogP contribution in [-0.4, -0.2) is 26.6 Å². The third-order valence-corrected chi connectivity index (χ3v) is 6.27. The summed E-state index contributed by atoms with van der Waals surface area (Å²) < 4.78 is 25.8. The van der Waals surface area contributed by atoms with Gasteiger partial charge >= 0.3 is 0 Å². The minimum atomic E-state index is -3.76. The minimum Gasteiger partial charge on any atom is -0.324 e. The number of carbonyl (C=O) groups is 1. The molecule has 0 aliphatic heterocycles. The third kappa shape index (κ3) is 4.24. The van der Waals surface area contributed by atoms with Gasteiger partial charge in [-0.3, -0.25) is 9.10 Å². The molecule has 1 N–H and O–H groups in total. The van der Waals surface area contributed by atoms with Crippen molar-refractivity contribution in [3.8, 4) is 0 Å². The highest BCUT2D eigenvalue weighted by atomic mass is 35.5. The number of hydrogen-bond acceptors (Lipinski definition) is 3. The molecule has 0 spiro atoms. The number of hydrogen-bond donors (Lipinski definition) is 1. The Morgan fingerprint density at radius 2 is 1.68 bits per heavy atom. The van der Waals surface area contributed by atoms with Crippen LogP contribution in [0, 0.1) is 0 Å². The monoisotopic (exact) mass is 436 g/mol. The number of sulfonamides is 1. The molecule has 146 valence electrons. The molecule has 0 radical (unpaired) electrons. The molecule has 1 amide bonds. The summed E-state index contributed by atoms with van der Waals surface area (Å²) in [5.41, 5.74) is 0.870. The first kappa shape index (κ1) is 20.5. The van der Waals surface area contributed by atoms with Gasteiger partial charge < -0.3 is 5.32 Å². The van der Waals surface area contributed by atoms with Crippen LogP contribution in [0.4, 0.5) is 11.4 Å². The summed E-state index contributed by atoms with van der Waals surface area (Å²) in [6, 6.07) is 16.6. The van der Waals surface area contributed by atoms with Gasteiger partial charge in [0.2, 0.25) is 15.9 Å². The Hall–Kier alpha value is -2.28. The van der Waals surface area contributed by atoms with Crippen molar-refractivity contribution in [2.45, 2.75) is 13.0 Å². The number of carbonyl (C=O) groups excluding carboxylic acids is 1. The summed E-state index contributed by atoms with van der Waals surface area (Å²) in [6.07, 6.45) is 1.04. The van der Waals surface area contributed by atoms with Crippen molar-refractivity contribution in [2.75, 3.05) is 15.9 Å². The molecule has 5 nitrogen and oxygen atoms in total. The molecular formula is C20H18Cl2N2O3S. The van der Waals surface area contributed by atoms with Crippen molar-refractivity contribution in [2.24, 2.45) is 0 Å². The van der Waals surface area contributed by atoms with Crippen molar-refractivity contribution in [1.29, 1.82) is 0 Å². The fourth-order valence-corrected chi connectivity index (χ4v) is 4.46. The van der Waals surface area contributed by atoms with E-state index in [1.165, 1.54) is 25.1 Å². The molecule has 28 heavy (non-hydrogen) atoms. The molecule has 0 aliphatic rings. The maximum Gasteiger partial charge on any atom is 0.248 e. The Kier molecular flexibility index (Phi) is 5.84. The summed E-state index contributed by atoms with van der Waals surface area (Å²) >= 11 is 12.0. The van der Waals surface area contributed by atoms with Gasteiger partial charge in [0, 0.05) is 11.1 Å². The predicted molar refractivity (Wildman–Crippen MR) is 116 cm³/mol. The molecule has 0 fully saturated rings. The fraction of sp³-hybridized carbons (Fsp3) is 0.150. The number of halogens is 2. The van der Waals surface area contributed by atoms with Crippen LogP contribution < -0.4 is 9.62 Å². The van der Waals surface area contributed by atoms with E-state index in [9.17, 15) is 13.2 Å². The lowest BCUT2D eigenvalue weighted by molar-refractivity contribution is -0.116. The fourth-order valence-electron chi connectivity index (χ4n) is 3.00. The van der Waals surface area contributed by atoms with Crippen molar-refractivity contribution in [1.82, 2.24) is 0 Å². The van der Waals surface area contributed by atoms with E-state index < -0.39 is 22.0 Å². The first-order valence-corrected chi connectivity index (χ1v) is 11.0. The molecule has 3 aromatic rings. The Labute approximate surface area is 173 Å². The third-order valence-electron chi connectivity index (χ3n) is 4.29. The van der Waals surface area contributed by atoms with Gasteiger partial charge in [0.25, 0.3) is 0 Å². The Morgan fingerprint density at radius 1 is 1.00 bits per heavy atom. The summed E-state index contributed by atoms with van der Waals surface area (Å²) in [4.78, 5) is 12.9. The number of benzene rings is 3. The van der Waals surface area contributed by atoms with Crippen LogP contribution in [0.2, 0.25) is 10.0 Å². The first-order chi connectivity index (χ1) is 13.2. The normalized spacial score (nSPS) is 12.6. The summed E-state index contributed by atoms with van der Waals surface area (Å²) in [7, 11) is -3.76. The van der Waals surface area contributed by atoms with Crippen LogP contribution in [0.5, 0.6) is 0 Å². The molecule has 0 aromatic heterocycles. The maximum atomic E-state index is 12.9. The number of nitrogens with zero attached hydrogens (tertiary/aromatic N) is 1. The van der Waals surface area contributed by atoms with Gasteiger partial charge in [-0.25, -0.2) is 8.42 Å². The minimum absolute atomic E-state index is 0.203. The van der Waals surface area contributed by atoms with Crippen molar-refractivity contribution in [3.05, 3.63) is 70.7 Å². The molecule has 0 bridgehead atoms. The van der Waals surface area contributed by atoms with E-state index >= 15 is 0 Å². The smallest absolute Gasteiger partial charge is 0.248 e. The molecule has 0 saturated carbocycles. The van der Waals surface area contributed by atoms with E-state index in [-0.39, 0.29) is 10.7 Å². The van der Waals surface area contributed by atoms with Crippen molar-refractivity contribution in [3.63, 3.8) is 0 Å². The summed E-state index contributed by atoms with van der Waals surface area (Å²) in [5, 5.41) is 5.17. The number of anilines is 2. The van der Waals surface area contributed by atoms with Gasteiger partial charge in [0.05, 0.1) is 22.0 Å². The van der Waals surface area contributed by atoms with Gasteiger partial charge in [0.15, 0.2) is 0 Å². The first-order valence-electron chi connectivity index (χ1n) is 8.41. The van der Waals surface area contributed by atoms with E-state index in [1.54, 1.807) is 6.07 Å². The van der Waals surface area contributed by atoms with E-state index in [4.69, 9.17) is 23.2 Å². The predicted octanol–water partition coefficient (Wildman–Crippen LogP) is 4.94. The van der Waals surface area contributed by atoms with Crippen LogP contribution in [0.1, 0.15) is 6.92 Å². The van der Waals surface area contributed by atoms with Crippen molar-refractivity contribution >= 4 is 61.3 Å². The number of nitrogens with one attached hydrogen (secondary N) is 1. The average Bonchev–Trinajstić information content (AvgIpc) is 2.64. The highest BCUT2D eigenvalue weighted by molar-refractivity contribution is 7.92. The maximum absolute atomic E-state index is 12.9. The van der Waals surface area contributed by atoms with Crippen LogP contribution in [0.3, 0.4) is 0 Å². The summed E-state index contributed by atoms with van der Waals surface area (Å²) in [6.45, 7) is 1.52. The SMILES string of the molecule is C[C@H](C(=O)Nc1cccc2ccccc12)N(c1ccc(Cl)c(Cl)c1)S(C)(=O)=O. The van der Waals surface area contributed by atoms with Gasteiger partial charge in [-0.2, -0.15) is 0 Å². The van der Waals surface area contributed by atoms with Crippen LogP contribution in [0.15, 0.2) is 60.7 Å². The second-order valence-corrected chi connectivity index (χ2v) is 9.02. The van der Waals surface area contributed by atoms with Gasteiger partial charge in [0.1, 0.15) is 6.04 Å². The molecule has 3 aromatic carbocycles.